The van der Waals surface area contributed by atoms with E-state index in [2.05, 4.69) is 31.9 Å². The summed E-state index contributed by atoms with van der Waals surface area (Å²) in [7, 11) is 0. The van der Waals surface area contributed by atoms with Crippen molar-refractivity contribution in [1.29, 1.82) is 0 Å². The van der Waals surface area contributed by atoms with Crippen molar-refractivity contribution in [3.63, 3.8) is 0 Å². The molecule has 1 nitrogen and oxygen atoms in total. The average molecular weight is 342 g/mol. The van der Waals surface area contributed by atoms with Crippen LogP contribution < -0.4 is 4.74 Å². The van der Waals surface area contributed by atoms with Crippen LogP contribution in [-0.4, -0.2) is 11.9 Å². The summed E-state index contributed by atoms with van der Waals surface area (Å²) in [5.41, 5.74) is 0. The minimum atomic E-state index is 0.651. The fraction of sp³-hybridized carbons (Fsp3) is 0.400. The number of benzene rings is 1. The molecule has 0 saturated carbocycles. The van der Waals surface area contributed by atoms with Gasteiger partial charge in [-0.2, -0.15) is 0 Å². The van der Waals surface area contributed by atoms with Crippen LogP contribution in [0.15, 0.2) is 22.7 Å². The Hall–Kier alpha value is 0.270. The molecule has 0 atom stereocenters. The number of ether oxygens (including phenoxy) is 1. The van der Waals surface area contributed by atoms with Gasteiger partial charge in [0, 0.05) is 9.80 Å². The monoisotopic (exact) mass is 340 g/mol. The summed E-state index contributed by atoms with van der Waals surface area (Å²) in [5.74, 6) is 0.754. The maximum Gasteiger partial charge on any atom is 0.137 e. The highest BCUT2D eigenvalue weighted by Gasteiger charge is 2.01. The zero-order chi connectivity index (χ0) is 10.4. The molecule has 0 amide bonds. The van der Waals surface area contributed by atoms with E-state index in [4.69, 9.17) is 16.3 Å². The predicted octanol–water partition coefficient (Wildman–Crippen LogP) is 4.66. The van der Waals surface area contributed by atoms with Gasteiger partial charge in [-0.25, -0.2) is 0 Å². The molecule has 1 aromatic rings. The lowest BCUT2D eigenvalue weighted by Crippen LogP contribution is -1.97. The molecule has 0 aliphatic heterocycles. The van der Waals surface area contributed by atoms with Crippen LogP contribution in [0.5, 0.6) is 5.75 Å². The Kier molecular flexibility index (Phi) is 5.90. The van der Waals surface area contributed by atoms with E-state index in [-0.39, 0.29) is 0 Å². The zero-order valence-corrected chi connectivity index (χ0v) is 11.5. The first-order valence-electron chi connectivity index (χ1n) is 4.38. The van der Waals surface area contributed by atoms with Crippen molar-refractivity contribution in [3.8, 4) is 5.75 Å². The van der Waals surface area contributed by atoms with Crippen molar-refractivity contribution >= 4 is 43.5 Å². The first-order chi connectivity index (χ1) is 6.74. The van der Waals surface area contributed by atoms with Crippen molar-refractivity contribution < 1.29 is 4.74 Å². The molecule has 0 radical (unpaired) electrons. The van der Waals surface area contributed by atoms with Crippen molar-refractivity contribution in [2.75, 3.05) is 11.9 Å². The molecule has 4 heteroatoms. The molecule has 0 bridgehead atoms. The van der Waals surface area contributed by atoms with Gasteiger partial charge >= 0.3 is 0 Å². The smallest absolute Gasteiger partial charge is 0.137 e. The van der Waals surface area contributed by atoms with Crippen molar-refractivity contribution in [2.24, 2.45) is 0 Å². The van der Waals surface area contributed by atoms with E-state index in [1.165, 1.54) is 0 Å². The molecule has 0 N–H and O–H groups in total. The van der Waals surface area contributed by atoms with E-state index >= 15 is 0 Å². The number of halogens is 3. The summed E-state index contributed by atoms with van der Waals surface area (Å²) < 4.78 is 6.49. The van der Waals surface area contributed by atoms with Crippen LogP contribution in [0.1, 0.15) is 12.8 Å². The molecule has 78 valence electrons. The van der Waals surface area contributed by atoms with Crippen LogP contribution in [0.2, 0.25) is 5.02 Å². The van der Waals surface area contributed by atoms with Crippen LogP contribution in [-0.2, 0) is 0 Å². The molecule has 0 aromatic heterocycles. The van der Waals surface area contributed by atoms with Gasteiger partial charge in [-0.1, -0.05) is 43.5 Å². The molecule has 0 aliphatic carbocycles. The van der Waals surface area contributed by atoms with Gasteiger partial charge in [0.25, 0.3) is 0 Å². The zero-order valence-electron chi connectivity index (χ0n) is 7.60. The Morgan fingerprint density at radius 1 is 1.29 bits per heavy atom. The minimum Gasteiger partial charge on any atom is -0.492 e. The summed E-state index contributed by atoms with van der Waals surface area (Å²) in [5, 5.41) is 1.67. The maximum atomic E-state index is 5.98. The maximum absolute atomic E-state index is 5.98. The van der Waals surface area contributed by atoms with Crippen molar-refractivity contribution in [2.45, 2.75) is 12.8 Å². The number of unbranched alkanes of at least 4 members (excludes halogenated alkanes) is 1. The normalized spacial score (nSPS) is 10.2. The third-order valence-electron chi connectivity index (χ3n) is 1.68. The summed E-state index contributed by atoms with van der Waals surface area (Å²) in [6.45, 7) is 0.715. The number of hydrogen-bond acceptors (Lipinski definition) is 1. The van der Waals surface area contributed by atoms with E-state index in [0.29, 0.717) is 11.6 Å². The summed E-state index contributed by atoms with van der Waals surface area (Å²) >= 11 is 12.7. The Balaban J connectivity index is 2.42. The van der Waals surface area contributed by atoms with Gasteiger partial charge in [0.15, 0.2) is 0 Å². The van der Waals surface area contributed by atoms with Gasteiger partial charge in [0.1, 0.15) is 5.75 Å². The Bertz CT molecular complexity index is 291. The van der Waals surface area contributed by atoms with E-state index in [1.54, 1.807) is 0 Å². The van der Waals surface area contributed by atoms with Crippen LogP contribution in [0, 0.1) is 0 Å². The Labute approximate surface area is 106 Å². The molecule has 0 unspecified atom stereocenters. The van der Waals surface area contributed by atoms with Crippen LogP contribution >= 0.6 is 43.5 Å². The molecule has 1 rings (SSSR count). The van der Waals surface area contributed by atoms with E-state index in [0.717, 1.165) is 28.4 Å². The highest BCUT2D eigenvalue weighted by atomic mass is 79.9. The van der Waals surface area contributed by atoms with Crippen LogP contribution in [0.25, 0.3) is 0 Å². The molecule has 0 spiro atoms. The average Bonchev–Trinajstić information content (AvgIpc) is 2.15. The fourth-order valence-corrected chi connectivity index (χ4v) is 2.10. The first-order valence-corrected chi connectivity index (χ1v) is 6.67. The minimum absolute atomic E-state index is 0.651. The predicted molar refractivity (Wildman–Crippen MR) is 67.7 cm³/mol. The number of rotatable bonds is 5. The summed E-state index contributed by atoms with van der Waals surface area (Å²) in [6.07, 6.45) is 2.16. The third-order valence-corrected chi connectivity index (χ3v) is 3.03. The van der Waals surface area contributed by atoms with Crippen molar-refractivity contribution in [1.82, 2.24) is 0 Å². The molecule has 0 heterocycles. The first kappa shape index (κ1) is 12.3. The second-order valence-corrected chi connectivity index (χ2v) is 4.94. The van der Waals surface area contributed by atoms with E-state index in [9.17, 15) is 0 Å². The van der Waals surface area contributed by atoms with Crippen LogP contribution in [0.3, 0.4) is 0 Å². The lowest BCUT2D eigenvalue weighted by Gasteiger charge is -2.07. The van der Waals surface area contributed by atoms with E-state index in [1.807, 2.05) is 18.2 Å². The largest absolute Gasteiger partial charge is 0.492 e. The molecule has 0 saturated heterocycles. The Morgan fingerprint density at radius 2 is 2.07 bits per heavy atom. The molecular weight excluding hydrogens is 331 g/mol. The number of alkyl halides is 1. The lowest BCUT2D eigenvalue weighted by molar-refractivity contribution is 0.310. The van der Waals surface area contributed by atoms with Gasteiger partial charge in [0.2, 0.25) is 0 Å². The second kappa shape index (κ2) is 6.70. The van der Waals surface area contributed by atoms with E-state index < -0.39 is 0 Å². The Morgan fingerprint density at radius 3 is 2.71 bits per heavy atom. The molecule has 0 fully saturated rings. The van der Waals surface area contributed by atoms with Gasteiger partial charge in [-0.15, -0.1) is 0 Å². The van der Waals surface area contributed by atoms with Gasteiger partial charge in [0.05, 0.1) is 11.6 Å². The molecular formula is C10H11Br2ClO. The topological polar surface area (TPSA) is 9.23 Å². The summed E-state index contributed by atoms with van der Waals surface area (Å²) in [6, 6.07) is 5.63. The van der Waals surface area contributed by atoms with Gasteiger partial charge in [-0.3, -0.25) is 0 Å². The number of hydrogen-bond donors (Lipinski definition) is 0. The standard InChI is InChI=1S/C10H11Br2ClO/c11-5-1-2-6-14-10-4-3-8(12)7-9(10)13/h3-4,7H,1-2,5-6H2. The fourth-order valence-electron chi connectivity index (χ4n) is 0.971. The third kappa shape index (κ3) is 4.20. The highest BCUT2D eigenvalue weighted by Crippen LogP contribution is 2.27. The van der Waals surface area contributed by atoms with Gasteiger partial charge in [-0.05, 0) is 31.0 Å². The van der Waals surface area contributed by atoms with Crippen LogP contribution in [0.4, 0.5) is 0 Å². The van der Waals surface area contributed by atoms with Crippen molar-refractivity contribution in [3.05, 3.63) is 27.7 Å². The quantitative estimate of drug-likeness (QED) is 0.559. The summed E-state index contributed by atoms with van der Waals surface area (Å²) in [4.78, 5) is 0. The molecule has 1 aromatic carbocycles. The molecule has 0 aliphatic rings. The highest BCUT2D eigenvalue weighted by molar-refractivity contribution is 9.10. The SMILES string of the molecule is Clc1cc(Br)ccc1OCCCCBr. The molecule has 14 heavy (non-hydrogen) atoms. The van der Waals surface area contributed by atoms with Gasteiger partial charge < -0.3 is 4.74 Å². The lowest BCUT2D eigenvalue weighted by atomic mass is 10.3. The second-order valence-electron chi connectivity index (χ2n) is 2.82.